The molecule has 0 aliphatic carbocycles. The Morgan fingerprint density at radius 3 is 2.74 bits per heavy atom. The van der Waals surface area contributed by atoms with Crippen LogP contribution in [0, 0.1) is 0 Å². The van der Waals surface area contributed by atoms with Crippen LogP contribution in [-0.4, -0.2) is 28.1 Å². The largest absolute Gasteiger partial charge is 0.298 e. The molecule has 1 atom stereocenters. The predicted molar refractivity (Wildman–Crippen MR) is 112 cm³/mol. The normalized spacial score (nSPS) is 18.0. The van der Waals surface area contributed by atoms with E-state index in [1.54, 1.807) is 22.8 Å². The molecule has 0 fully saturated rings. The van der Waals surface area contributed by atoms with Crippen molar-refractivity contribution in [1.29, 1.82) is 0 Å². The van der Waals surface area contributed by atoms with Gasteiger partial charge >= 0.3 is 0 Å². The van der Waals surface area contributed by atoms with E-state index in [0.29, 0.717) is 16.6 Å². The highest BCUT2D eigenvalue weighted by molar-refractivity contribution is 8.14. The second-order valence-corrected chi connectivity index (χ2v) is 7.83. The quantitative estimate of drug-likeness (QED) is 0.639. The molecule has 1 N–H and O–H groups in total. The van der Waals surface area contributed by atoms with Crippen LogP contribution in [0.15, 0.2) is 76.2 Å². The van der Waals surface area contributed by atoms with E-state index >= 15 is 0 Å². The fourth-order valence-corrected chi connectivity index (χ4v) is 4.02. The molecule has 27 heavy (non-hydrogen) atoms. The van der Waals surface area contributed by atoms with E-state index in [9.17, 15) is 4.79 Å². The monoisotopic (exact) mass is 394 g/mol. The van der Waals surface area contributed by atoms with Crippen molar-refractivity contribution in [3.05, 3.63) is 77.3 Å². The van der Waals surface area contributed by atoms with E-state index in [1.807, 2.05) is 42.7 Å². The minimum Gasteiger partial charge on any atom is -0.298 e. The Bertz CT molecular complexity index is 1050. The average Bonchev–Trinajstić information content (AvgIpc) is 2.71. The predicted octanol–water partition coefficient (Wildman–Crippen LogP) is 2.47. The lowest BCUT2D eigenvalue weighted by Crippen LogP contribution is -2.50. The van der Waals surface area contributed by atoms with Crippen molar-refractivity contribution in [2.45, 2.75) is 11.1 Å². The molecule has 0 saturated carbocycles. The molecule has 2 aliphatic heterocycles. The number of fused-ring (bicyclic) bond motifs is 2. The van der Waals surface area contributed by atoms with Gasteiger partial charge in [-0.05, 0) is 30.0 Å². The summed E-state index contributed by atoms with van der Waals surface area (Å²) in [6, 6.07) is 15.9. The highest BCUT2D eigenvalue weighted by Crippen LogP contribution is 2.31. The number of carbonyl (C=O) groups excluding carboxylic acids is 1. The number of hydrogen-bond acceptors (Lipinski definition) is 6. The number of amides is 1. The molecule has 1 unspecified atom stereocenters. The molecule has 7 heteroatoms. The van der Waals surface area contributed by atoms with Crippen LogP contribution < -0.4 is 15.9 Å². The van der Waals surface area contributed by atoms with E-state index in [1.165, 1.54) is 16.7 Å². The van der Waals surface area contributed by atoms with Crippen LogP contribution >= 0.6 is 23.5 Å². The summed E-state index contributed by atoms with van der Waals surface area (Å²) in [5.41, 5.74) is 1.52. The SMILES string of the molecule is C=CCSC1=NN2C(=c3ccccc3=NC2c2ccc(SC)cc2)C(=O)N1. The first-order chi connectivity index (χ1) is 13.2. The molecule has 0 saturated heterocycles. The number of nitrogens with one attached hydrogen (secondary N) is 1. The first kappa shape index (κ1) is 17.9. The van der Waals surface area contributed by atoms with Gasteiger partial charge in [0.25, 0.3) is 5.91 Å². The number of para-hydroxylation sites is 1. The molecule has 0 aromatic heterocycles. The first-order valence-corrected chi connectivity index (χ1v) is 10.7. The number of amidine groups is 1. The van der Waals surface area contributed by atoms with E-state index < -0.39 is 0 Å². The highest BCUT2D eigenvalue weighted by atomic mass is 32.2. The summed E-state index contributed by atoms with van der Waals surface area (Å²) in [5, 5.41) is 11.5. The highest BCUT2D eigenvalue weighted by Gasteiger charge is 2.34. The van der Waals surface area contributed by atoms with Crippen LogP contribution in [0.1, 0.15) is 11.7 Å². The minimum atomic E-state index is -0.379. The smallest absolute Gasteiger partial charge is 0.276 e. The van der Waals surface area contributed by atoms with Gasteiger partial charge in [0, 0.05) is 15.9 Å². The summed E-state index contributed by atoms with van der Waals surface area (Å²) in [6.07, 6.45) is 3.45. The van der Waals surface area contributed by atoms with Gasteiger partial charge in [0.15, 0.2) is 11.3 Å². The maximum atomic E-state index is 12.9. The Hall–Kier alpha value is -2.51. The van der Waals surface area contributed by atoms with Gasteiger partial charge < -0.3 is 0 Å². The molecule has 0 radical (unpaired) electrons. The molecular formula is C20H18N4OS2. The van der Waals surface area contributed by atoms with E-state index in [0.717, 1.165) is 16.1 Å². The van der Waals surface area contributed by atoms with E-state index in [4.69, 9.17) is 4.99 Å². The number of benzene rings is 2. The minimum absolute atomic E-state index is 0.162. The Kier molecular flexibility index (Phi) is 5.05. The third-order valence-corrected chi connectivity index (χ3v) is 5.87. The number of hydrogen-bond donors (Lipinski definition) is 1. The third-order valence-electron chi connectivity index (χ3n) is 4.27. The summed E-state index contributed by atoms with van der Waals surface area (Å²) in [5.74, 6) is 0.507. The second kappa shape index (κ2) is 7.62. The molecule has 5 nitrogen and oxygen atoms in total. The molecule has 2 aromatic carbocycles. The van der Waals surface area contributed by atoms with Crippen LogP contribution in [0.3, 0.4) is 0 Å². The van der Waals surface area contributed by atoms with Gasteiger partial charge in [0.1, 0.15) is 5.70 Å². The molecule has 4 rings (SSSR count). The topological polar surface area (TPSA) is 57.1 Å². The Morgan fingerprint density at radius 1 is 1.22 bits per heavy atom. The van der Waals surface area contributed by atoms with Gasteiger partial charge in [-0.2, -0.15) is 0 Å². The summed E-state index contributed by atoms with van der Waals surface area (Å²) >= 11 is 3.13. The van der Waals surface area contributed by atoms with Crippen molar-refractivity contribution >= 4 is 40.3 Å². The maximum absolute atomic E-state index is 12.9. The zero-order chi connectivity index (χ0) is 18.8. The third kappa shape index (κ3) is 3.40. The van der Waals surface area contributed by atoms with Gasteiger partial charge in [0.2, 0.25) is 0 Å². The van der Waals surface area contributed by atoms with Gasteiger partial charge in [-0.1, -0.05) is 48.2 Å². The molecule has 0 spiro atoms. The lowest BCUT2D eigenvalue weighted by atomic mass is 10.1. The number of carbonyl (C=O) groups is 1. The Balaban J connectivity index is 1.87. The number of nitrogens with zero attached hydrogens (tertiary/aromatic N) is 3. The molecule has 2 aliphatic rings. The lowest BCUT2D eigenvalue weighted by Gasteiger charge is -2.34. The van der Waals surface area contributed by atoms with E-state index in [2.05, 4.69) is 29.1 Å². The number of hydrazone groups is 1. The van der Waals surface area contributed by atoms with Crippen molar-refractivity contribution in [1.82, 2.24) is 10.3 Å². The van der Waals surface area contributed by atoms with Crippen molar-refractivity contribution in [2.75, 3.05) is 12.0 Å². The second-order valence-electron chi connectivity index (χ2n) is 5.95. The molecule has 2 heterocycles. The van der Waals surface area contributed by atoms with Gasteiger partial charge in [-0.3, -0.25) is 15.1 Å². The van der Waals surface area contributed by atoms with Crippen molar-refractivity contribution in [3.63, 3.8) is 0 Å². The van der Waals surface area contributed by atoms with Crippen LogP contribution in [0.25, 0.3) is 5.70 Å². The summed E-state index contributed by atoms with van der Waals surface area (Å²) in [6.45, 7) is 3.73. The summed E-state index contributed by atoms with van der Waals surface area (Å²) in [4.78, 5) is 19.0. The molecule has 136 valence electrons. The zero-order valence-corrected chi connectivity index (χ0v) is 16.4. The fourth-order valence-electron chi connectivity index (χ4n) is 3.02. The Morgan fingerprint density at radius 2 is 2.00 bits per heavy atom. The maximum Gasteiger partial charge on any atom is 0.276 e. The van der Waals surface area contributed by atoms with Crippen LogP contribution in [0.2, 0.25) is 0 Å². The van der Waals surface area contributed by atoms with Gasteiger partial charge in [-0.25, -0.2) is 5.01 Å². The summed E-state index contributed by atoms with van der Waals surface area (Å²) < 4.78 is 0. The van der Waals surface area contributed by atoms with Gasteiger partial charge in [-0.15, -0.1) is 23.4 Å². The average molecular weight is 395 g/mol. The molecular weight excluding hydrogens is 376 g/mol. The van der Waals surface area contributed by atoms with Gasteiger partial charge in [0.05, 0.1) is 5.36 Å². The molecule has 0 bridgehead atoms. The van der Waals surface area contributed by atoms with Crippen LogP contribution in [0.5, 0.6) is 0 Å². The van der Waals surface area contributed by atoms with Crippen LogP contribution in [0.4, 0.5) is 0 Å². The summed E-state index contributed by atoms with van der Waals surface area (Å²) in [7, 11) is 0. The molecule has 2 aromatic rings. The van der Waals surface area contributed by atoms with Crippen molar-refractivity contribution in [2.24, 2.45) is 10.1 Å². The zero-order valence-electron chi connectivity index (χ0n) is 14.8. The lowest BCUT2D eigenvalue weighted by molar-refractivity contribution is -0.116. The molecule has 1 amide bonds. The Labute approximate surface area is 165 Å². The number of thioether (sulfide) groups is 2. The van der Waals surface area contributed by atoms with E-state index in [-0.39, 0.29) is 12.1 Å². The van der Waals surface area contributed by atoms with Crippen molar-refractivity contribution < 1.29 is 4.79 Å². The van der Waals surface area contributed by atoms with Crippen molar-refractivity contribution in [3.8, 4) is 0 Å². The fraction of sp³-hybridized carbons (Fsp3) is 0.150. The number of rotatable bonds is 4. The standard InChI is InChI=1S/C20H18N4OS2/c1-3-12-27-20-22-19(25)17-15-6-4-5-7-16(15)21-18(24(17)23-20)13-8-10-14(26-2)11-9-13/h3-11,18H,1,12H2,2H3,(H,22,23,25). The first-order valence-electron chi connectivity index (χ1n) is 8.45. The van der Waals surface area contributed by atoms with Crippen LogP contribution in [-0.2, 0) is 4.79 Å².